The summed E-state index contributed by atoms with van der Waals surface area (Å²) >= 11 is 0. The molecule has 0 saturated heterocycles. The third-order valence-electron chi connectivity index (χ3n) is 6.01. The van der Waals surface area contributed by atoms with Gasteiger partial charge in [0.15, 0.2) is 0 Å². The van der Waals surface area contributed by atoms with Crippen molar-refractivity contribution in [2.75, 3.05) is 0 Å². The lowest BCUT2D eigenvalue weighted by atomic mass is 9.85. The van der Waals surface area contributed by atoms with Gasteiger partial charge < -0.3 is 14.7 Å². The van der Waals surface area contributed by atoms with Gasteiger partial charge in [-0.2, -0.15) is 8.42 Å². The number of hydrogen-bond acceptors (Lipinski definition) is 6. The Morgan fingerprint density at radius 3 is 1.86 bits per heavy atom. The van der Waals surface area contributed by atoms with Crippen molar-refractivity contribution in [1.29, 1.82) is 0 Å². The molecular formula is C30H29NO5S. The number of carbonyl (C=O) groups excluding carboxylic acids is 1. The van der Waals surface area contributed by atoms with E-state index in [9.17, 15) is 13.2 Å². The number of esters is 1. The van der Waals surface area contributed by atoms with Crippen LogP contribution in [0.25, 0.3) is 0 Å². The highest BCUT2D eigenvalue weighted by Gasteiger charge is 2.24. The van der Waals surface area contributed by atoms with Gasteiger partial charge >= 0.3 is 16.1 Å². The fourth-order valence-corrected chi connectivity index (χ4v) is 5.00. The van der Waals surface area contributed by atoms with Gasteiger partial charge in [0.2, 0.25) is 0 Å². The maximum absolute atomic E-state index is 12.6. The van der Waals surface area contributed by atoms with E-state index in [2.05, 4.69) is 0 Å². The van der Waals surface area contributed by atoms with E-state index in [0.29, 0.717) is 6.42 Å². The molecule has 190 valence electrons. The van der Waals surface area contributed by atoms with Gasteiger partial charge in [-0.05, 0) is 47.4 Å². The average Bonchev–Trinajstić information content (AvgIpc) is 2.92. The zero-order valence-electron chi connectivity index (χ0n) is 20.3. The van der Waals surface area contributed by atoms with Crippen LogP contribution in [0.15, 0.2) is 120 Å². The second-order valence-electron chi connectivity index (χ2n) is 8.73. The molecule has 0 saturated carbocycles. The van der Waals surface area contributed by atoms with Gasteiger partial charge in [-0.3, -0.25) is 4.79 Å². The van der Waals surface area contributed by atoms with Crippen molar-refractivity contribution in [2.24, 2.45) is 5.73 Å². The van der Waals surface area contributed by atoms with Crippen LogP contribution >= 0.6 is 0 Å². The first-order chi connectivity index (χ1) is 17.9. The standard InChI is InChI=1S/C30H29NO5S/c31-29(21-30(32)35-22-24-12-6-2-7-13-24)28(20-23-10-4-1-5-11-23)25-16-18-26(19-17-25)36-37(33,34)27-14-8-3-9-15-27/h1-19,28-29H,20-22,31H2. The molecule has 4 aromatic rings. The van der Waals surface area contributed by atoms with Crippen molar-refractivity contribution in [3.8, 4) is 5.75 Å². The third kappa shape index (κ3) is 7.52. The molecule has 0 aliphatic carbocycles. The molecule has 37 heavy (non-hydrogen) atoms. The Morgan fingerprint density at radius 2 is 1.27 bits per heavy atom. The molecule has 0 heterocycles. The van der Waals surface area contributed by atoms with Crippen molar-refractivity contribution in [2.45, 2.75) is 36.3 Å². The minimum Gasteiger partial charge on any atom is -0.461 e. The Balaban J connectivity index is 1.47. The van der Waals surface area contributed by atoms with Crippen LogP contribution in [0.1, 0.15) is 29.0 Å². The molecule has 0 fully saturated rings. The number of hydrogen-bond donors (Lipinski definition) is 1. The first-order valence-electron chi connectivity index (χ1n) is 12.0. The largest absolute Gasteiger partial charge is 0.461 e. The fourth-order valence-electron chi connectivity index (χ4n) is 4.05. The normalized spacial score (nSPS) is 12.9. The Hall–Kier alpha value is -3.94. The zero-order chi connectivity index (χ0) is 26.1. The van der Waals surface area contributed by atoms with E-state index in [1.807, 2.05) is 60.7 Å². The van der Waals surface area contributed by atoms with Gasteiger partial charge in [0.25, 0.3) is 0 Å². The number of ether oxygens (including phenoxy) is 1. The minimum absolute atomic E-state index is 0.0466. The molecule has 0 aromatic heterocycles. The number of carbonyl (C=O) groups is 1. The van der Waals surface area contributed by atoms with E-state index in [0.717, 1.165) is 16.7 Å². The predicted octanol–water partition coefficient (Wildman–Crippen LogP) is 5.24. The minimum atomic E-state index is -3.94. The fraction of sp³-hybridized carbons (Fsp3) is 0.167. The Labute approximate surface area is 217 Å². The van der Waals surface area contributed by atoms with Gasteiger partial charge in [0.1, 0.15) is 17.3 Å². The van der Waals surface area contributed by atoms with Gasteiger partial charge in [0.05, 0.1) is 6.42 Å². The smallest absolute Gasteiger partial charge is 0.339 e. The van der Waals surface area contributed by atoms with Crippen LogP contribution < -0.4 is 9.92 Å². The summed E-state index contributed by atoms with van der Waals surface area (Å²) in [6, 6.07) is 33.6. The summed E-state index contributed by atoms with van der Waals surface area (Å²) in [4.78, 5) is 12.7. The molecule has 0 aliphatic rings. The highest BCUT2D eigenvalue weighted by atomic mass is 32.2. The van der Waals surface area contributed by atoms with Crippen LogP contribution in [0.5, 0.6) is 5.75 Å². The van der Waals surface area contributed by atoms with E-state index in [1.165, 1.54) is 12.1 Å². The van der Waals surface area contributed by atoms with Crippen molar-refractivity contribution in [3.05, 3.63) is 132 Å². The molecular weight excluding hydrogens is 486 g/mol. The van der Waals surface area contributed by atoms with Crippen molar-refractivity contribution in [3.63, 3.8) is 0 Å². The summed E-state index contributed by atoms with van der Waals surface area (Å²) in [6.07, 6.45) is 0.654. The second-order valence-corrected chi connectivity index (χ2v) is 10.3. The van der Waals surface area contributed by atoms with Crippen LogP contribution in [0.3, 0.4) is 0 Å². The van der Waals surface area contributed by atoms with Crippen LogP contribution in [-0.2, 0) is 32.7 Å². The van der Waals surface area contributed by atoms with E-state index >= 15 is 0 Å². The number of benzene rings is 4. The van der Waals surface area contributed by atoms with E-state index < -0.39 is 16.2 Å². The maximum atomic E-state index is 12.6. The monoisotopic (exact) mass is 515 g/mol. The lowest BCUT2D eigenvalue weighted by Crippen LogP contribution is -2.33. The van der Waals surface area contributed by atoms with E-state index in [1.54, 1.807) is 42.5 Å². The predicted molar refractivity (Wildman–Crippen MR) is 142 cm³/mol. The molecule has 0 aliphatic heterocycles. The summed E-state index contributed by atoms with van der Waals surface area (Å²) in [6.45, 7) is 0.192. The molecule has 6 nitrogen and oxygen atoms in total. The quantitative estimate of drug-likeness (QED) is 0.217. The van der Waals surface area contributed by atoms with Crippen LogP contribution in [0.4, 0.5) is 0 Å². The lowest BCUT2D eigenvalue weighted by molar-refractivity contribution is -0.145. The van der Waals surface area contributed by atoms with Crippen molar-refractivity contribution >= 4 is 16.1 Å². The number of nitrogens with two attached hydrogens (primary N) is 1. The van der Waals surface area contributed by atoms with E-state index in [4.69, 9.17) is 14.7 Å². The summed E-state index contributed by atoms with van der Waals surface area (Å²) < 4.78 is 35.9. The molecule has 0 radical (unpaired) electrons. The van der Waals surface area contributed by atoms with Crippen molar-refractivity contribution in [1.82, 2.24) is 0 Å². The molecule has 7 heteroatoms. The van der Waals surface area contributed by atoms with Crippen LogP contribution in [0, 0.1) is 0 Å². The van der Waals surface area contributed by atoms with Gasteiger partial charge in [-0.15, -0.1) is 0 Å². The first-order valence-corrected chi connectivity index (χ1v) is 13.4. The summed E-state index contributed by atoms with van der Waals surface area (Å²) in [5.74, 6) is -0.378. The lowest BCUT2D eigenvalue weighted by Gasteiger charge is -2.24. The zero-order valence-corrected chi connectivity index (χ0v) is 21.1. The molecule has 4 rings (SSSR count). The molecule has 0 bridgehead atoms. The molecule has 2 N–H and O–H groups in total. The molecule has 2 atom stereocenters. The third-order valence-corrected chi connectivity index (χ3v) is 7.27. The first kappa shape index (κ1) is 26.1. The molecule has 0 amide bonds. The van der Waals surface area contributed by atoms with Crippen LogP contribution in [0.2, 0.25) is 0 Å². The number of rotatable bonds is 11. The summed E-state index contributed by atoms with van der Waals surface area (Å²) in [5, 5.41) is 0. The second kappa shape index (κ2) is 12.3. The summed E-state index contributed by atoms with van der Waals surface area (Å²) in [7, 11) is -3.94. The van der Waals surface area contributed by atoms with Gasteiger partial charge in [0, 0.05) is 12.0 Å². The summed E-state index contributed by atoms with van der Waals surface area (Å²) in [5.41, 5.74) is 9.41. The van der Waals surface area contributed by atoms with Crippen molar-refractivity contribution < 1.29 is 22.1 Å². The maximum Gasteiger partial charge on any atom is 0.339 e. The highest BCUT2D eigenvalue weighted by Crippen LogP contribution is 2.28. The average molecular weight is 516 g/mol. The Morgan fingerprint density at radius 1 is 0.730 bits per heavy atom. The van der Waals surface area contributed by atoms with Crippen LogP contribution in [-0.4, -0.2) is 20.4 Å². The topological polar surface area (TPSA) is 95.7 Å². The Kier molecular flexibility index (Phi) is 8.72. The van der Waals surface area contributed by atoms with E-state index in [-0.39, 0.29) is 35.6 Å². The molecule has 4 aromatic carbocycles. The Bertz CT molecular complexity index is 1380. The molecule has 0 spiro atoms. The SMILES string of the molecule is NC(CC(=O)OCc1ccccc1)C(Cc1ccccc1)c1ccc(OS(=O)(=O)c2ccccc2)cc1. The van der Waals surface area contributed by atoms with Gasteiger partial charge in [-0.25, -0.2) is 0 Å². The van der Waals surface area contributed by atoms with Gasteiger partial charge in [-0.1, -0.05) is 91.0 Å². The highest BCUT2D eigenvalue weighted by molar-refractivity contribution is 7.87. The molecule has 2 unspecified atom stereocenters.